The zero-order valence-corrected chi connectivity index (χ0v) is 10.7. The van der Waals surface area contributed by atoms with Gasteiger partial charge in [-0.05, 0) is 39.9 Å². The Labute approximate surface area is 102 Å². The third kappa shape index (κ3) is 1.96. The van der Waals surface area contributed by atoms with Crippen molar-refractivity contribution in [2.45, 2.75) is 26.2 Å². The Morgan fingerprint density at radius 1 is 1.25 bits per heavy atom. The van der Waals surface area contributed by atoms with Gasteiger partial charge in [-0.1, -0.05) is 0 Å². The molecule has 2 saturated heterocycles. The molecular weight excluding hydrogens is 228 g/mol. The van der Waals surface area contributed by atoms with E-state index < -0.39 is 0 Å². The minimum Gasteiger partial charge on any atom is -0.306 e. The van der Waals surface area contributed by atoms with E-state index in [0.717, 1.165) is 25.9 Å². The van der Waals surface area contributed by atoms with E-state index in [9.17, 15) is 9.59 Å². The lowest BCUT2D eigenvalue weighted by atomic mass is 9.77. The number of hydrogen-bond donors (Lipinski definition) is 0. The van der Waals surface area contributed by atoms with Crippen LogP contribution >= 0.6 is 12.4 Å². The van der Waals surface area contributed by atoms with E-state index in [0.29, 0.717) is 13.0 Å². The first-order valence-corrected chi connectivity index (χ1v) is 5.62. The zero-order valence-electron chi connectivity index (χ0n) is 9.86. The second-order valence-electron chi connectivity index (χ2n) is 4.70. The van der Waals surface area contributed by atoms with Gasteiger partial charge in [-0.15, -0.1) is 12.4 Å². The lowest BCUT2D eigenvalue weighted by Gasteiger charge is -2.35. The Balaban J connectivity index is 0.00000128. The van der Waals surface area contributed by atoms with E-state index in [-0.39, 0.29) is 29.6 Å². The first-order chi connectivity index (χ1) is 7.09. The van der Waals surface area contributed by atoms with Gasteiger partial charge in [0.25, 0.3) is 0 Å². The molecule has 0 aromatic heterocycles. The Morgan fingerprint density at radius 3 is 2.25 bits per heavy atom. The van der Waals surface area contributed by atoms with Crippen molar-refractivity contribution in [1.29, 1.82) is 0 Å². The molecule has 0 unspecified atom stereocenters. The number of carbonyl (C=O) groups is 2. The summed E-state index contributed by atoms with van der Waals surface area (Å²) in [5, 5.41) is 0. The Bertz CT molecular complexity index is 298. The van der Waals surface area contributed by atoms with E-state index >= 15 is 0 Å². The summed E-state index contributed by atoms with van der Waals surface area (Å²) in [6, 6.07) is 0. The molecule has 2 aliphatic rings. The molecule has 0 atom stereocenters. The van der Waals surface area contributed by atoms with E-state index in [1.165, 1.54) is 4.90 Å². The maximum atomic E-state index is 12.1. The molecule has 2 fully saturated rings. The fourth-order valence-corrected chi connectivity index (χ4v) is 2.62. The highest BCUT2D eigenvalue weighted by molar-refractivity contribution is 6.05. The number of piperidine rings is 1. The molecule has 0 radical (unpaired) electrons. The molecule has 0 saturated carbocycles. The third-order valence-corrected chi connectivity index (χ3v) is 3.75. The monoisotopic (exact) mass is 246 g/mol. The molecule has 2 aliphatic heterocycles. The maximum Gasteiger partial charge on any atom is 0.235 e. The summed E-state index contributed by atoms with van der Waals surface area (Å²) in [4.78, 5) is 27.4. The van der Waals surface area contributed by atoms with Gasteiger partial charge in [0.15, 0.2) is 0 Å². The van der Waals surface area contributed by atoms with Crippen molar-refractivity contribution >= 4 is 24.2 Å². The van der Waals surface area contributed by atoms with Crippen molar-refractivity contribution < 1.29 is 9.59 Å². The number of imide groups is 1. The largest absolute Gasteiger partial charge is 0.306 e. The second-order valence-corrected chi connectivity index (χ2v) is 4.70. The van der Waals surface area contributed by atoms with E-state index in [1.54, 1.807) is 0 Å². The predicted molar refractivity (Wildman–Crippen MR) is 63.4 cm³/mol. The number of carbonyl (C=O) groups excluding carboxylic acids is 2. The number of rotatable bonds is 1. The van der Waals surface area contributed by atoms with Gasteiger partial charge in [0.2, 0.25) is 11.8 Å². The van der Waals surface area contributed by atoms with Crippen LogP contribution < -0.4 is 0 Å². The van der Waals surface area contributed by atoms with Gasteiger partial charge in [0.05, 0.1) is 5.41 Å². The molecule has 5 heteroatoms. The molecule has 0 bridgehead atoms. The number of hydrogen-bond acceptors (Lipinski definition) is 3. The van der Waals surface area contributed by atoms with Crippen LogP contribution in [0.5, 0.6) is 0 Å². The topological polar surface area (TPSA) is 40.6 Å². The van der Waals surface area contributed by atoms with E-state index in [4.69, 9.17) is 0 Å². The van der Waals surface area contributed by atoms with E-state index in [1.807, 2.05) is 6.92 Å². The summed E-state index contributed by atoms with van der Waals surface area (Å²) in [5.41, 5.74) is -0.348. The van der Waals surface area contributed by atoms with Crippen molar-refractivity contribution in [2.75, 3.05) is 26.7 Å². The highest BCUT2D eigenvalue weighted by Gasteiger charge is 2.51. The van der Waals surface area contributed by atoms with Crippen LogP contribution in [0.3, 0.4) is 0 Å². The molecule has 4 nitrogen and oxygen atoms in total. The SMILES string of the molecule is CCN1C(=O)CC2(CCN(C)CC2)C1=O.Cl. The first kappa shape index (κ1) is 13.5. The third-order valence-electron chi connectivity index (χ3n) is 3.75. The summed E-state index contributed by atoms with van der Waals surface area (Å²) in [6.07, 6.45) is 2.11. The van der Waals surface area contributed by atoms with Gasteiger partial charge in [-0.2, -0.15) is 0 Å². The van der Waals surface area contributed by atoms with Gasteiger partial charge < -0.3 is 4.90 Å². The van der Waals surface area contributed by atoms with Gasteiger partial charge in [-0.3, -0.25) is 14.5 Å². The van der Waals surface area contributed by atoms with Crippen LogP contribution in [0.15, 0.2) is 0 Å². The average Bonchev–Trinajstić information content (AvgIpc) is 2.44. The van der Waals surface area contributed by atoms with Gasteiger partial charge in [0, 0.05) is 13.0 Å². The number of amides is 2. The Kier molecular flexibility index (Phi) is 3.97. The number of halogens is 1. The minimum atomic E-state index is -0.348. The maximum absolute atomic E-state index is 12.1. The van der Waals surface area contributed by atoms with Crippen molar-refractivity contribution in [3.8, 4) is 0 Å². The molecule has 0 N–H and O–H groups in total. The van der Waals surface area contributed by atoms with Crippen molar-refractivity contribution in [2.24, 2.45) is 5.41 Å². The van der Waals surface area contributed by atoms with E-state index in [2.05, 4.69) is 11.9 Å². The summed E-state index contributed by atoms with van der Waals surface area (Å²) in [6.45, 7) is 4.24. The highest BCUT2D eigenvalue weighted by Crippen LogP contribution is 2.41. The normalized spacial score (nSPS) is 25.0. The molecule has 0 aliphatic carbocycles. The van der Waals surface area contributed by atoms with Crippen LogP contribution in [0, 0.1) is 5.41 Å². The summed E-state index contributed by atoms with van der Waals surface area (Å²) in [5.74, 6) is 0.0927. The molecule has 0 aromatic carbocycles. The molecule has 92 valence electrons. The second kappa shape index (κ2) is 4.72. The van der Waals surface area contributed by atoms with Crippen LogP contribution in [0.1, 0.15) is 26.2 Å². The zero-order chi connectivity index (χ0) is 11.1. The predicted octanol–water partition coefficient (Wildman–Crippen LogP) is 0.899. The highest BCUT2D eigenvalue weighted by atomic mass is 35.5. The summed E-state index contributed by atoms with van der Waals surface area (Å²) >= 11 is 0. The minimum absolute atomic E-state index is 0. The number of nitrogens with zero attached hydrogens (tertiary/aromatic N) is 2. The molecule has 1 spiro atoms. The van der Waals surface area contributed by atoms with Gasteiger partial charge in [-0.25, -0.2) is 0 Å². The summed E-state index contributed by atoms with van der Waals surface area (Å²) in [7, 11) is 2.06. The van der Waals surface area contributed by atoms with Crippen molar-refractivity contribution in [3.05, 3.63) is 0 Å². The fraction of sp³-hybridized carbons (Fsp3) is 0.818. The standard InChI is InChI=1S/C11H18N2O2.ClH/c1-3-13-9(14)8-11(10(13)15)4-6-12(2)7-5-11;/h3-8H2,1-2H3;1H. The lowest BCUT2D eigenvalue weighted by Crippen LogP contribution is -2.43. The molecule has 2 heterocycles. The van der Waals surface area contributed by atoms with Crippen LogP contribution in [0.4, 0.5) is 0 Å². The lowest BCUT2D eigenvalue weighted by molar-refractivity contribution is -0.142. The quantitative estimate of drug-likeness (QED) is 0.646. The molecule has 0 aromatic rings. The molecular formula is C11H19ClN2O2. The van der Waals surface area contributed by atoms with Gasteiger partial charge >= 0.3 is 0 Å². The summed E-state index contributed by atoms with van der Waals surface area (Å²) < 4.78 is 0. The number of likely N-dealkylation sites (tertiary alicyclic amines) is 2. The smallest absolute Gasteiger partial charge is 0.235 e. The van der Waals surface area contributed by atoms with Crippen molar-refractivity contribution in [3.63, 3.8) is 0 Å². The van der Waals surface area contributed by atoms with Crippen LogP contribution in [0.2, 0.25) is 0 Å². The Morgan fingerprint density at radius 2 is 1.81 bits per heavy atom. The first-order valence-electron chi connectivity index (χ1n) is 5.62. The van der Waals surface area contributed by atoms with Crippen molar-refractivity contribution in [1.82, 2.24) is 9.80 Å². The van der Waals surface area contributed by atoms with Gasteiger partial charge in [0.1, 0.15) is 0 Å². The average molecular weight is 247 g/mol. The van der Waals surface area contributed by atoms with Crippen LogP contribution in [0.25, 0.3) is 0 Å². The molecule has 2 amide bonds. The van der Waals surface area contributed by atoms with Crippen LogP contribution in [-0.4, -0.2) is 48.3 Å². The Hall–Kier alpha value is -0.610. The molecule has 16 heavy (non-hydrogen) atoms. The fourth-order valence-electron chi connectivity index (χ4n) is 2.62. The van der Waals surface area contributed by atoms with Crippen LogP contribution in [-0.2, 0) is 9.59 Å². The molecule has 2 rings (SSSR count).